The third-order valence-electron chi connectivity index (χ3n) is 2.13. The summed E-state index contributed by atoms with van der Waals surface area (Å²) >= 11 is 1.84. The molecule has 1 aromatic rings. The summed E-state index contributed by atoms with van der Waals surface area (Å²) < 4.78 is 0. The highest BCUT2D eigenvalue weighted by Gasteiger charge is 2.13. The molecule has 0 bridgehead atoms. The number of oxime groups is 1. The zero-order chi connectivity index (χ0) is 9.10. The Morgan fingerprint density at radius 1 is 1.31 bits per heavy atom. The van der Waals surface area contributed by atoms with Crippen LogP contribution in [0.4, 0.5) is 0 Å². The maximum absolute atomic E-state index is 8.84. The number of hydrogen-bond donors (Lipinski definition) is 1. The van der Waals surface area contributed by atoms with E-state index in [1.54, 1.807) is 0 Å². The monoisotopic (exact) mass is 193 g/mol. The van der Waals surface area contributed by atoms with Crippen LogP contribution in [0.2, 0.25) is 0 Å². The van der Waals surface area contributed by atoms with Crippen molar-refractivity contribution in [2.75, 3.05) is 5.75 Å². The van der Waals surface area contributed by atoms with Gasteiger partial charge in [-0.3, -0.25) is 0 Å². The molecule has 0 saturated heterocycles. The molecular formula is C10H11NOS. The summed E-state index contributed by atoms with van der Waals surface area (Å²) in [4.78, 5) is 1.23. The third kappa shape index (κ3) is 1.70. The van der Waals surface area contributed by atoms with Crippen LogP contribution < -0.4 is 0 Å². The zero-order valence-electron chi connectivity index (χ0n) is 7.23. The quantitative estimate of drug-likeness (QED) is 0.507. The Bertz CT molecular complexity index is 335. The van der Waals surface area contributed by atoms with Gasteiger partial charge in [-0.1, -0.05) is 23.4 Å². The molecular weight excluding hydrogens is 182 g/mol. The Morgan fingerprint density at radius 2 is 2.15 bits per heavy atom. The predicted molar refractivity (Wildman–Crippen MR) is 54.7 cm³/mol. The van der Waals surface area contributed by atoms with E-state index >= 15 is 0 Å². The van der Waals surface area contributed by atoms with Crippen LogP contribution in [0.1, 0.15) is 18.4 Å². The SMILES string of the molecule is ON=C1CCCSc2ccccc21. The summed E-state index contributed by atoms with van der Waals surface area (Å²) in [5.41, 5.74) is 1.91. The molecule has 3 heteroatoms. The minimum absolute atomic E-state index is 0.820. The molecule has 0 fully saturated rings. The molecule has 0 amide bonds. The number of nitrogens with zero attached hydrogens (tertiary/aromatic N) is 1. The van der Waals surface area contributed by atoms with Gasteiger partial charge in [0, 0.05) is 10.5 Å². The predicted octanol–water partition coefficient (Wildman–Crippen LogP) is 2.75. The van der Waals surface area contributed by atoms with Crippen molar-refractivity contribution in [1.29, 1.82) is 0 Å². The van der Waals surface area contributed by atoms with Gasteiger partial charge in [-0.2, -0.15) is 0 Å². The van der Waals surface area contributed by atoms with Crippen LogP contribution in [0.3, 0.4) is 0 Å². The third-order valence-corrected chi connectivity index (χ3v) is 3.29. The number of rotatable bonds is 0. The lowest BCUT2D eigenvalue weighted by molar-refractivity contribution is 0.318. The molecule has 13 heavy (non-hydrogen) atoms. The first-order valence-corrected chi connectivity index (χ1v) is 5.33. The summed E-state index contributed by atoms with van der Waals surface area (Å²) in [7, 11) is 0. The fourth-order valence-electron chi connectivity index (χ4n) is 1.49. The molecule has 0 atom stereocenters. The van der Waals surface area contributed by atoms with Crippen LogP contribution in [-0.4, -0.2) is 16.7 Å². The summed E-state index contributed by atoms with van der Waals surface area (Å²) in [6.45, 7) is 0. The largest absolute Gasteiger partial charge is 0.411 e. The van der Waals surface area contributed by atoms with E-state index in [1.807, 2.05) is 30.0 Å². The molecule has 0 spiro atoms. The molecule has 0 aliphatic carbocycles. The molecule has 1 aromatic carbocycles. The molecule has 0 unspecified atom stereocenters. The van der Waals surface area contributed by atoms with E-state index in [0.717, 1.165) is 29.9 Å². The topological polar surface area (TPSA) is 32.6 Å². The van der Waals surface area contributed by atoms with Crippen molar-refractivity contribution in [3.8, 4) is 0 Å². The molecule has 1 heterocycles. The average molecular weight is 193 g/mol. The van der Waals surface area contributed by atoms with Crippen LogP contribution >= 0.6 is 11.8 Å². The molecule has 1 aliphatic rings. The lowest BCUT2D eigenvalue weighted by Gasteiger charge is -2.03. The highest BCUT2D eigenvalue weighted by molar-refractivity contribution is 7.99. The first kappa shape index (κ1) is 8.63. The Balaban J connectivity index is 2.48. The van der Waals surface area contributed by atoms with E-state index in [4.69, 9.17) is 5.21 Å². The Hall–Kier alpha value is -0.960. The van der Waals surface area contributed by atoms with Gasteiger partial charge in [-0.15, -0.1) is 11.8 Å². The maximum atomic E-state index is 8.84. The van der Waals surface area contributed by atoms with E-state index in [2.05, 4.69) is 11.2 Å². The Morgan fingerprint density at radius 3 is 3.00 bits per heavy atom. The molecule has 2 rings (SSSR count). The van der Waals surface area contributed by atoms with Gasteiger partial charge in [0.25, 0.3) is 0 Å². The Kier molecular flexibility index (Phi) is 2.54. The van der Waals surface area contributed by atoms with E-state index < -0.39 is 0 Å². The van der Waals surface area contributed by atoms with Crippen LogP contribution in [0, 0.1) is 0 Å². The fraction of sp³-hybridized carbons (Fsp3) is 0.300. The fourth-order valence-corrected chi connectivity index (χ4v) is 2.52. The molecule has 0 radical (unpaired) electrons. The van der Waals surface area contributed by atoms with Gasteiger partial charge in [0.2, 0.25) is 0 Å². The summed E-state index contributed by atoms with van der Waals surface area (Å²) in [6, 6.07) is 8.10. The smallest absolute Gasteiger partial charge is 0.0879 e. The number of fused-ring (bicyclic) bond motifs is 1. The van der Waals surface area contributed by atoms with Gasteiger partial charge in [0.1, 0.15) is 0 Å². The molecule has 0 saturated carbocycles. The van der Waals surface area contributed by atoms with Crippen LogP contribution in [0.5, 0.6) is 0 Å². The standard InChI is InChI=1S/C10H11NOS/c12-11-9-5-3-7-13-10-6-2-1-4-8(9)10/h1-2,4,6,12H,3,5,7H2. The minimum atomic E-state index is 0.820. The Labute approximate surface area is 81.7 Å². The van der Waals surface area contributed by atoms with Crippen LogP contribution in [0.15, 0.2) is 34.3 Å². The highest BCUT2D eigenvalue weighted by Crippen LogP contribution is 2.28. The first-order chi connectivity index (χ1) is 6.42. The van der Waals surface area contributed by atoms with Gasteiger partial charge in [0.15, 0.2) is 0 Å². The lowest BCUT2D eigenvalue weighted by atomic mass is 10.1. The first-order valence-electron chi connectivity index (χ1n) is 4.35. The molecule has 2 nitrogen and oxygen atoms in total. The lowest BCUT2D eigenvalue weighted by Crippen LogP contribution is -2.00. The van der Waals surface area contributed by atoms with Gasteiger partial charge >= 0.3 is 0 Å². The number of benzene rings is 1. The van der Waals surface area contributed by atoms with E-state index in [1.165, 1.54) is 4.90 Å². The van der Waals surface area contributed by atoms with Crippen LogP contribution in [-0.2, 0) is 0 Å². The minimum Gasteiger partial charge on any atom is -0.411 e. The van der Waals surface area contributed by atoms with E-state index in [9.17, 15) is 0 Å². The normalized spacial score (nSPS) is 19.5. The van der Waals surface area contributed by atoms with Crippen molar-refractivity contribution < 1.29 is 5.21 Å². The van der Waals surface area contributed by atoms with Crippen molar-refractivity contribution in [3.05, 3.63) is 29.8 Å². The number of thioether (sulfide) groups is 1. The van der Waals surface area contributed by atoms with Crippen LogP contribution in [0.25, 0.3) is 0 Å². The zero-order valence-corrected chi connectivity index (χ0v) is 8.05. The second-order valence-electron chi connectivity index (χ2n) is 2.99. The van der Waals surface area contributed by atoms with Gasteiger partial charge < -0.3 is 5.21 Å². The number of hydrogen-bond acceptors (Lipinski definition) is 3. The van der Waals surface area contributed by atoms with Crippen molar-refractivity contribution in [3.63, 3.8) is 0 Å². The van der Waals surface area contributed by atoms with Gasteiger partial charge in [-0.25, -0.2) is 0 Å². The van der Waals surface area contributed by atoms with E-state index in [0.29, 0.717) is 0 Å². The molecule has 1 N–H and O–H groups in total. The van der Waals surface area contributed by atoms with Crippen molar-refractivity contribution >= 4 is 17.5 Å². The maximum Gasteiger partial charge on any atom is 0.0879 e. The van der Waals surface area contributed by atoms with E-state index in [-0.39, 0.29) is 0 Å². The van der Waals surface area contributed by atoms with Gasteiger partial charge in [0.05, 0.1) is 5.71 Å². The van der Waals surface area contributed by atoms with Crippen molar-refractivity contribution in [2.45, 2.75) is 17.7 Å². The summed E-state index contributed by atoms with van der Waals surface area (Å²) in [6.07, 6.45) is 1.96. The average Bonchev–Trinajstić information content (AvgIpc) is 2.39. The van der Waals surface area contributed by atoms with Crippen molar-refractivity contribution in [2.24, 2.45) is 5.16 Å². The van der Waals surface area contributed by atoms with Gasteiger partial charge in [-0.05, 0) is 24.7 Å². The molecule has 1 aliphatic heterocycles. The summed E-state index contributed by atoms with van der Waals surface area (Å²) in [5, 5.41) is 12.2. The second kappa shape index (κ2) is 3.83. The molecule has 0 aromatic heterocycles. The second-order valence-corrected chi connectivity index (χ2v) is 4.13. The summed E-state index contributed by atoms with van der Waals surface area (Å²) in [5.74, 6) is 1.11. The highest BCUT2D eigenvalue weighted by atomic mass is 32.2. The van der Waals surface area contributed by atoms with Crippen molar-refractivity contribution in [1.82, 2.24) is 0 Å². The molecule has 68 valence electrons.